The van der Waals surface area contributed by atoms with E-state index in [2.05, 4.69) is 0 Å². The molecule has 3 nitrogen and oxygen atoms in total. The van der Waals surface area contributed by atoms with Crippen LogP contribution >= 0.6 is 0 Å². The number of benzene rings is 2. The number of para-hydroxylation sites is 1. The van der Waals surface area contributed by atoms with Crippen molar-refractivity contribution in [1.29, 1.82) is 0 Å². The standard InChI is InChI=1S/C16H18O3/c1-18-16-6-3-2-5-15(16)13-7-9-14(10-8-13)19-12-4-11-17/h2-3,5-10,17H,4,11-12H2,1H3. The normalized spacial score (nSPS) is 10.2. The van der Waals surface area contributed by atoms with Crippen molar-refractivity contribution in [3.05, 3.63) is 48.5 Å². The lowest BCUT2D eigenvalue weighted by atomic mass is 10.0. The molecule has 0 amide bonds. The highest BCUT2D eigenvalue weighted by Gasteiger charge is 2.04. The number of hydrogen-bond donors (Lipinski definition) is 1. The minimum atomic E-state index is 0.152. The molecule has 0 unspecified atom stereocenters. The molecular formula is C16H18O3. The van der Waals surface area contributed by atoms with Gasteiger partial charge in [-0.15, -0.1) is 0 Å². The molecule has 19 heavy (non-hydrogen) atoms. The zero-order chi connectivity index (χ0) is 13.5. The molecule has 0 heterocycles. The lowest BCUT2D eigenvalue weighted by molar-refractivity contribution is 0.233. The SMILES string of the molecule is COc1ccccc1-c1ccc(OCCCO)cc1. The van der Waals surface area contributed by atoms with Crippen molar-refractivity contribution < 1.29 is 14.6 Å². The molecule has 0 aromatic heterocycles. The van der Waals surface area contributed by atoms with Crippen LogP contribution in [0.25, 0.3) is 11.1 Å². The highest BCUT2D eigenvalue weighted by molar-refractivity contribution is 5.70. The molecule has 0 aliphatic rings. The van der Waals surface area contributed by atoms with Gasteiger partial charge in [-0.2, -0.15) is 0 Å². The topological polar surface area (TPSA) is 38.7 Å². The summed E-state index contributed by atoms with van der Waals surface area (Å²) < 4.78 is 10.9. The molecule has 1 N–H and O–H groups in total. The van der Waals surface area contributed by atoms with Crippen molar-refractivity contribution in [2.75, 3.05) is 20.3 Å². The van der Waals surface area contributed by atoms with Crippen LogP contribution in [-0.4, -0.2) is 25.4 Å². The molecule has 2 aromatic carbocycles. The van der Waals surface area contributed by atoms with Crippen LogP contribution in [0.15, 0.2) is 48.5 Å². The summed E-state index contributed by atoms with van der Waals surface area (Å²) in [6, 6.07) is 15.8. The van der Waals surface area contributed by atoms with Gasteiger partial charge in [-0.3, -0.25) is 0 Å². The zero-order valence-corrected chi connectivity index (χ0v) is 11.0. The van der Waals surface area contributed by atoms with Gasteiger partial charge < -0.3 is 14.6 Å². The predicted molar refractivity (Wildman–Crippen MR) is 75.6 cm³/mol. The van der Waals surface area contributed by atoms with E-state index in [9.17, 15) is 0 Å². The van der Waals surface area contributed by atoms with E-state index in [0.717, 1.165) is 22.6 Å². The minimum Gasteiger partial charge on any atom is -0.496 e. The van der Waals surface area contributed by atoms with Gasteiger partial charge >= 0.3 is 0 Å². The first-order chi connectivity index (χ1) is 9.35. The van der Waals surface area contributed by atoms with Gasteiger partial charge in [0, 0.05) is 18.6 Å². The van der Waals surface area contributed by atoms with Gasteiger partial charge in [0.1, 0.15) is 11.5 Å². The Kier molecular flexibility index (Phi) is 4.81. The molecule has 0 saturated heterocycles. The predicted octanol–water partition coefficient (Wildman–Crippen LogP) is 3.12. The number of hydrogen-bond acceptors (Lipinski definition) is 3. The molecule has 0 aliphatic carbocycles. The molecule has 0 atom stereocenters. The maximum atomic E-state index is 8.70. The number of ether oxygens (including phenoxy) is 2. The summed E-state index contributed by atoms with van der Waals surface area (Å²) in [5.41, 5.74) is 2.15. The summed E-state index contributed by atoms with van der Waals surface area (Å²) in [7, 11) is 1.67. The van der Waals surface area contributed by atoms with Crippen LogP contribution in [0.5, 0.6) is 11.5 Å². The summed E-state index contributed by atoms with van der Waals surface area (Å²) in [4.78, 5) is 0. The minimum absolute atomic E-state index is 0.152. The molecule has 0 bridgehead atoms. The van der Waals surface area contributed by atoms with Crippen LogP contribution in [-0.2, 0) is 0 Å². The largest absolute Gasteiger partial charge is 0.496 e. The van der Waals surface area contributed by atoms with Crippen molar-refractivity contribution in [3.63, 3.8) is 0 Å². The summed E-state index contributed by atoms with van der Waals surface area (Å²) in [6.45, 7) is 0.684. The third kappa shape index (κ3) is 3.48. The summed E-state index contributed by atoms with van der Waals surface area (Å²) in [6.07, 6.45) is 0.647. The first-order valence-electron chi connectivity index (χ1n) is 6.32. The second kappa shape index (κ2) is 6.81. The molecule has 3 heteroatoms. The highest BCUT2D eigenvalue weighted by atomic mass is 16.5. The number of methoxy groups -OCH3 is 1. The second-order valence-corrected chi connectivity index (χ2v) is 4.15. The maximum Gasteiger partial charge on any atom is 0.126 e. The van der Waals surface area contributed by atoms with Gasteiger partial charge in [0.15, 0.2) is 0 Å². The van der Waals surface area contributed by atoms with E-state index in [1.54, 1.807) is 7.11 Å². The molecule has 0 aliphatic heterocycles. The summed E-state index contributed by atoms with van der Waals surface area (Å²) >= 11 is 0. The first kappa shape index (κ1) is 13.4. The van der Waals surface area contributed by atoms with Crippen molar-refractivity contribution in [2.24, 2.45) is 0 Å². The quantitative estimate of drug-likeness (QED) is 0.809. The van der Waals surface area contributed by atoms with Crippen molar-refractivity contribution in [2.45, 2.75) is 6.42 Å². The van der Waals surface area contributed by atoms with Gasteiger partial charge in [0.2, 0.25) is 0 Å². The van der Waals surface area contributed by atoms with E-state index in [0.29, 0.717) is 13.0 Å². The lowest BCUT2D eigenvalue weighted by Crippen LogP contribution is -1.99. The number of aliphatic hydroxyl groups is 1. The van der Waals surface area contributed by atoms with Crippen molar-refractivity contribution in [1.82, 2.24) is 0 Å². The molecular weight excluding hydrogens is 240 g/mol. The van der Waals surface area contributed by atoms with Gasteiger partial charge in [0.25, 0.3) is 0 Å². The fraction of sp³-hybridized carbons (Fsp3) is 0.250. The molecule has 0 fully saturated rings. The van der Waals surface area contributed by atoms with Gasteiger partial charge in [0.05, 0.1) is 13.7 Å². The lowest BCUT2D eigenvalue weighted by Gasteiger charge is -2.09. The third-order valence-electron chi connectivity index (χ3n) is 2.84. The average Bonchev–Trinajstić information content (AvgIpc) is 2.48. The molecule has 0 spiro atoms. The Balaban J connectivity index is 2.13. The maximum absolute atomic E-state index is 8.70. The number of rotatable bonds is 6. The van der Waals surface area contributed by atoms with E-state index in [1.165, 1.54) is 0 Å². The van der Waals surface area contributed by atoms with E-state index in [-0.39, 0.29) is 6.61 Å². The molecule has 100 valence electrons. The Morgan fingerprint density at radius 1 is 1.00 bits per heavy atom. The van der Waals surface area contributed by atoms with Crippen LogP contribution in [0.4, 0.5) is 0 Å². The first-order valence-corrected chi connectivity index (χ1v) is 6.32. The molecule has 0 saturated carbocycles. The Morgan fingerprint density at radius 2 is 1.74 bits per heavy atom. The van der Waals surface area contributed by atoms with Crippen LogP contribution in [0, 0.1) is 0 Å². The third-order valence-corrected chi connectivity index (χ3v) is 2.84. The zero-order valence-electron chi connectivity index (χ0n) is 11.0. The Hall–Kier alpha value is -2.00. The van der Waals surface area contributed by atoms with Crippen LogP contribution < -0.4 is 9.47 Å². The Morgan fingerprint density at radius 3 is 2.42 bits per heavy atom. The van der Waals surface area contributed by atoms with Crippen LogP contribution in [0.2, 0.25) is 0 Å². The molecule has 2 rings (SSSR count). The van der Waals surface area contributed by atoms with Crippen molar-refractivity contribution in [3.8, 4) is 22.6 Å². The van der Waals surface area contributed by atoms with E-state index < -0.39 is 0 Å². The van der Waals surface area contributed by atoms with E-state index >= 15 is 0 Å². The van der Waals surface area contributed by atoms with Gasteiger partial charge in [-0.1, -0.05) is 30.3 Å². The Labute approximate surface area is 113 Å². The fourth-order valence-corrected chi connectivity index (χ4v) is 1.87. The van der Waals surface area contributed by atoms with Crippen LogP contribution in [0.1, 0.15) is 6.42 Å². The highest BCUT2D eigenvalue weighted by Crippen LogP contribution is 2.30. The summed E-state index contributed by atoms with van der Waals surface area (Å²) in [5.74, 6) is 1.67. The monoisotopic (exact) mass is 258 g/mol. The number of aliphatic hydroxyl groups excluding tert-OH is 1. The van der Waals surface area contributed by atoms with Crippen molar-refractivity contribution >= 4 is 0 Å². The van der Waals surface area contributed by atoms with Gasteiger partial charge in [-0.25, -0.2) is 0 Å². The van der Waals surface area contributed by atoms with Gasteiger partial charge in [-0.05, 0) is 23.8 Å². The van der Waals surface area contributed by atoms with Crippen LogP contribution in [0.3, 0.4) is 0 Å². The fourth-order valence-electron chi connectivity index (χ4n) is 1.87. The summed E-state index contributed by atoms with van der Waals surface area (Å²) in [5, 5.41) is 8.70. The van der Waals surface area contributed by atoms with E-state index in [4.69, 9.17) is 14.6 Å². The second-order valence-electron chi connectivity index (χ2n) is 4.15. The Bertz CT molecular complexity index is 506. The molecule has 2 aromatic rings. The average molecular weight is 258 g/mol. The van der Waals surface area contributed by atoms with E-state index in [1.807, 2.05) is 48.5 Å². The molecule has 0 radical (unpaired) electrons. The smallest absolute Gasteiger partial charge is 0.126 e.